The standard InChI is InChI=1S/C15H23N3O3/c1-10-16-12(8-13(17-10)21-4)18-7-5-6-11(9-18)15(2,3)14(19)20/h8,11H,5-7,9H2,1-4H3,(H,19,20). The Hall–Kier alpha value is -1.85. The highest BCUT2D eigenvalue weighted by Gasteiger charge is 2.39. The average molecular weight is 293 g/mol. The van der Waals surface area contributed by atoms with Crippen molar-refractivity contribution in [3.63, 3.8) is 0 Å². The minimum absolute atomic E-state index is 0.102. The lowest BCUT2D eigenvalue weighted by Crippen LogP contribution is -2.45. The zero-order chi connectivity index (χ0) is 15.6. The molecule has 6 heteroatoms. The SMILES string of the molecule is COc1cc(N2CCCC(C(C)(C)C(=O)O)C2)nc(C)n1. The first-order valence-electron chi connectivity index (χ1n) is 7.22. The van der Waals surface area contributed by atoms with Gasteiger partial charge in [0.2, 0.25) is 5.88 Å². The second kappa shape index (κ2) is 5.87. The number of ether oxygens (including phenoxy) is 1. The quantitative estimate of drug-likeness (QED) is 0.916. The molecule has 0 spiro atoms. The van der Waals surface area contributed by atoms with Gasteiger partial charge in [-0.25, -0.2) is 4.98 Å². The predicted octanol–water partition coefficient (Wildman–Crippen LogP) is 2.12. The van der Waals surface area contributed by atoms with Crippen molar-refractivity contribution >= 4 is 11.8 Å². The Balaban J connectivity index is 2.22. The monoisotopic (exact) mass is 293 g/mol. The molecule has 0 saturated carbocycles. The van der Waals surface area contributed by atoms with Crippen LogP contribution < -0.4 is 9.64 Å². The average Bonchev–Trinajstić information content (AvgIpc) is 2.46. The topological polar surface area (TPSA) is 75.5 Å². The van der Waals surface area contributed by atoms with Crippen LogP contribution in [0.4, 0.5) is 5.82 Å². The van der Waals surface area contributed by atoms with E-state index < -0.39 is 11.4 Å². The van der Waals surface area contributed by atoms with E-state index in [1.807, 2.05) is 13.0 Å². The minimum Gasteiger partial charge on any atom is -0.481 e. The van der Waals surface area contributed by atoms with Crippen molar-refractivity contribution < 1.29 is 14.6 Å². The predicted molar refractivity (Wildman–Crippen MR) is 79.7 cm³/mol. The molecule has 1 aliphatic heterocycles. The van der Waals surface area contributed by atoms with Gasteiger partial charge in [-0.3, -0.25) is 4.79 Å². The van der Waals surface area contributed by atoms with Crippen molar-refractivity contribution in [1.82, 2.24) is 9.97 Å². The lowest BCUT2D eigenvalue weighted by Gasteiger charge is -2.39. The second-order valence-corrected chi connectivity index (χ2v) is 6.13. The highest BCUT2D eigenvalue weighted by atomic mass is 16.5. The number of aliphatic carboxylic acids is 1. The number of hydrogen-bond acceptors (Lipinski definition) is 5. The number of nitrogens with zero attached hydrogens (tertiary/aromatic N) is 3. The Morgan fingerprint density at radius 1 is 1.48 bits per heavy atom. The van der Waals surface area contributed by atoms with E-state index in [0.29, 0.717) is 18.2 Å². The van der Waals surface area contributed by atoms with Crippen LogP contribution in [-0.4, -0.2) is 41.2 Å². The molecule has 21 heavy (non-hydrogen) atoms. The summed E-state index contributed by atoms with van der Waals surface area (Å²) in [4.78, 5) is 22.2. The van der Waals surface area contributed by atoms with E-state index in [2.05, 4.69) is 14.9 Å². The summed E-state index contributed by atoms with van der Waals surface area (Å²) in [5.74, 6) is 1.36. The summed E-state index contributed by atoms with van der Waals surface area (Å²) in [6.07, 6.45) is 1.89. The van der Waals surface area contributed by atoms with E-state index in [1.54, 1.807) is 21.0 Å². The number of anilines is 1. The van der Waals surface area contributed by atoms with E-state index in [4.69, 9.17) is 4.74 Å². The molecule has 1 aromatic heterocycles. The molecule has 116 valence electrons. The van der Waals surface area contributed by atoms with Crippen LogP contribution >= 0.6 is 0 Å². The molecular formula is C15H23N3O3. The number of piperidine rings is 1. The molecule has 0 amide bonds. The van der Waals surface area contributed by atoms with Gasteiger partial charge in [0.1, 0.15) is 11.6 Å². The molecule has 0 bridgehead atoms. The summed E-state index contributed by atoms with van der Waals surface area (Å²) in [5, 5.41) is 9.41. The Bertz CT molecular complexity index is 531. The lowest BCUT2D eigenvalue weighted by atomic mass is 9.74. The molecule has 2 rings (SSSR count). The van der Waals surface area contributed by atoms with Gasteiger partial charge < -0.3 is 14.7 Å². The number of hydrogen-bond donors (Lipinski definition) is 1. The number of carboxylic acid groups (broad SMARTS) is 1. The maximum atomic E-state index is 11.5. The minimum atomic E-state index is -0.745. The van der Waals surface area contributed by atoms with Crippen molar-refractivity contribution in [3.8, 4) is 5.88 Å². The van der Waals surface area contributed by atoms with Gasteiger partial charge in [-0.15, -0.1) is 0 Å². The molecule has 1 aliphatic rings. The Kier molecular flexibility index (Phi) is 4.34. The first kappa shape index (κ1) is 15.5. The highest BCUT2D eigenvalue weighted by molar-refractivity contribution is 5.74. The van der Waals surface area contributed by atoms with Gasteiger partial charge in [0.05, 0.1) is 12.5 Å². The Morgan fingerprint density at radius 3 is 2.81 bits per heavy atom. The molecule has 1 aromatic rings. The molecule has 0 aromatic carbocycles. The van der Waals surface area contributed by atoms with E-state index in [-0.39, 0.29) is 5.92 Å². The van der Waals surface area contributed by atoms with Crippen LogP contribution in [0.1, 0.15) is 32.5 Å². The van der Waals surface area contributed by atoms with Crippen molar-refractivity contribution in [2.24, 2.45) is 11.3 Å². The van der Waals surface area contributed by atoms with Gasteiger partial charge in [-0.05, 0) is 39.5 Å². The molecule has 1 N–H and O–H groups in total. The number of aromatic nitrogens is 2. The first-order valence-corrected chi connectivity index (χ1v) is 7.22. The third-order valence-corrected chi connectivity index (χ3v) is 4.33. The van der Waals surface area contributed by atoms with Crippen molar-refractivity contribution in [3.05, 3.63) is 11.9 Å². The van der Waals surface area contributed by atoms with Gasteiger partial charge in [-0.1, -0.05) is 0 Å². The van der Waals surface area contributed by atoms with Crippen molar-refractivity contribution in [2.45, 2.75) is 33.6 Å². The normalized spacial score (nSPS) is 19.4. The van der Waals surface area contributed by atoms with Crippen LogP contribution in [0, 0.1) is 18.3 Å². The fourth-order valence-corrected chi connectivity index (χ4v) is 2.74. The van der Waals surface area contributed by atoms with Gasteiger partial charge in [0.15, 0.2) is 0 Å². The van der Waals surface area contributed by atoms with Crippen LogP contribution in [-0.2, 0) is 4.79 Å². The summed E-state index contributed by atoms with van der Waals surface area (Å²) >= 11 is 0. The molecule has 0 aliphatic carbocycles. The molecule has 1 unspecified atom stereocenters. The van der Waals surface area contributed by atoms with Crippen LogP contribution in [0.15, 0.2) is 6.07 Å². The molecule has 6 nitrogen and oxygen atoms in total. The third kappa shape index (κ3) is 3.25. The zero-order valence-corrected chi connectivity index (χ0v) is 13.1. The number of carboxylic acids is 1. The van der Waals surface area contributed by atoms with Gasteiger partial charge >= 0.3 is 5.97 Å². The fraction of sp³-hybridized carbons (Fsp3) is 0.667. The Labute approximate surface area is 125 Å². The van der Waals surface area contributed by atoms with E-state index >= 15 is 0 Å². The maximum Gasteiger partial charge on any atom is 0.309 e. The lowest BCUT2D eigenvalue weighted by molar-refractivity contribution is -0.150. The van der Waals surface area contributed by atoms with Crippen LogP contribution in [0.3, 0.4) is 0 Å². The fourth-order valence-electron chi connectivity index (χ4n) is 2.74. The summed E-state index contributed by atoms with van der Waals surface area (Å²) in [7, 11) is 1.58. The third-order valence-electron chi connectivity index (χ3n) is 4.33. The zero-order valence-electron chi connectivity index (χ0n) is 13.1. The van der Waals surface area contributed by atoms with E-state index in [9.17, 15) is 9.90 Å². The van der Waals surface area contributed by atoms with Crippen molar-refractivity contribution in [1.29, 1.82) is 0 Å². The molecule has 0 radical (unpaired) electrons. The molecular weight excluding hydrogens is 270 g/mol. The Morgan fingerprint density at radius 2 is 2.19 bits per heavy atom. The largest absolute Gasteiger partial charge is 0.481 e. The van der Waals surface area contributed by atoms with Gasteiger partial charge in [0, 0.05) is 19.2 Å². The second-order valence-electron chi connectivity index (χ2n) is 6.13. The number of methoxy groups -OCH3 is 1. The molecule has 1 atom stereocenters. The number of carbonyl (C=O) groups is 1. The number of rotatable bonds is 4. The van der Waals surface area contributed by atoms with Crippen LogP contribution in [0.2, 0.25) is 0 Å². The highest BCUT2D eigenvalue weighted by Crippen LogP contribution is 2.35. The van der Waals surface area contributed by atoms with E-state index in [0.717, 1.165) is 25.2 Å². The summed E-state index contributed by atoms with van der Waals surface area (Å²) in [5.41, 5.74) is -0.731. The summed E-state index contributed by atoms with van der Waals surface area (Å²) < 4.78 is 5.19. The first-order chi connectivity index (χ1) is 9.84. The molecule has 1 fully saturated rings. The smallest absolute Gasteiger partial charge is 0.309 e. The van der Waals surface area contributed by atoms with E-state index in [1.165, 1.54) is 0 Å². The van der Waals surface area contributed by atoms with Crippen LogP contribution in [0.5, 0.6) is 5.88 Å². The number of aryl methyl sites for hydroxylation is 1. The summed E-state index contributed by atoms with van der Waals surface area (Å²) in [6, 6.07) is 1.81. The van der Waals surface area contributed by atoms with Crippen LogP contribution in [0.25, 0.3) is 0 Å². The van der Waals surface area contributed by atoms with Crippen molar-refractivity contribution in [2.75, 3.05) is 25.1 Å². The molecule has 2 heterocycles. The molecule has 1 saturated heterocycles. The maximum absolute atomic E-state index is 11.5. The van der Waals surface area contributed by atoms with Gasteiger partial charge in [-0.2, -0.15) is 4.98 Å². The summed E-state index contributed by atoms with van der Waals surface area (Å²) in [6.45, 7) is 7.00. The van der Waals surface area contributed by atoms with Gasteiger partial charge in [0.25, 0.3) is 0 Å².